The number of piperidine rings is 1. The molecule has 2 aromatic carbocycles. The lowest BCUT2D eigenvalue weighted by molar-refractivity contribution is 0.0446. The number of methoxy groups -OCH3 is 1. The lowest BCUT2D eigenvalue weighted by atomic mass is 9.78. The SMILES string of the molecule is C/C=C1\C(=NC(C)CC)C(c2cc(O)cc3ccc(F)c(CC)c23)=C(C)c2nc(OC)nc(N3CCCC(C)(O)C3)c21.CC.CCCCC(C)CC. The number of benzene rings is 2. The fourth-order valence-electron chi connectivity index (χ4n) is 7.07. The van der Waals surface area contributed by atoms with Gasteiger partial charge in [-0.2, -0.15) is 9.97 Å². The maximum Gasteiger partial charge on any atom is 0.318 e. The molecule has 0 amide bonds. The Morgan fingerprint density at radius 2 is 1.81 bits per heavy atom. The molecule has 1 aliphatic carbocycles. The van der Waals surface area contributed by atoms with E-state index in [1.807, 2.05) is 47.6 Å². The van der Waals surface area contributed by atoms with E-state index in [4.69, 9.17) is 19.7 Å². The van der Waals surface area contributed by atoms with E-state index in [1.54, 1.807) is 25.3 Å². The Morgan fingerprint density at radius 1 is 1.10 bits per heavy atom. The maximum atomic E-state index is 15.2. The van der Waals surface area contributed by atoms with Gasteiger partial charge in [-0.3, -0.25) is 4.99 Å². The molecular formula is C44H65FN4O3. The second-order valence-electron chi connectivity index (χ2n) is 14.3. The molecule has 0 radical (unpaired) electrons. The van der Waals surface area contributed by atoms with Crippen molar-refractivity contribution in [3.05, 3.63) is 58.5 Å². The minimum absolute atomic E-state index is 0.00333. The number of aliphatic imine (C=N–C) groups is 1. The van der Waals surface area contributed by atoms with Crippen LogP contribution in [0.4, 0.5) is 10.2 Å². The van der Waals surface area contributed by atoms with E-state index < -0.39 is 5.60 Å². The Hall–Kier alpha value is -3.78. The Labute approximate surface area is 313 Å². The summed E-state index contributed by atoms with van der Waals surface area (Å²) in [6, 6.07) is 6.80. The van der Waals surface area contributed by atoms with Crippen LogP contribution in [0.25, 0.3) is 27.5 Å². The van der Waals surface area contributed by atoms with Crippen molar-refractivity contribution < 1.29 is 19.3 Å². The van der Waals surface area contributed by atoms with Gasteiger partial charge in [0.25, 0.3) is 0 Å². The highest BCUT2D eigenvalue weighted by molar-refractivity contribution is 6.51. The third-order valence-corrected chi connectivity index (χ3v) is 10.3. The summed E-state index contributed by atoms with van der Waals surface area (Å²) < 4.78 is 20.8. The minimum atomic E-state index is -0.848. The van der Waals surface area contributed by atoms with Crippen LogP contribution in [0.2, 0.25) is 0 Å². The average Bonchev–Trinajstić information content (AvgIpc) is 3.14. The number of hydrogen-bond donors (Lipinski definition) is 2. The van der Waals surface area contributed by atoms with Crippen molar-refractivity contribution in [3.8, 4) is 11.8 Å². The van der Waals surface area contributed by atoms with Crippen molar-refractivity contribution in [2.45, 2.75) is 139 Å². The number of nitrogens with zero attached hydrogens (tertiary/aromatic N) is 4. The quantitative estimate of drug-likeness (QED) is 0.217. The molecule has 5 rings (SSSR count). The number of aromatic nitrogens is 2. The summed E-state index contributed by atoms with van der Waals surface area (Å²) in [6.07, 6.45) is 10.4. The van der Waals surface area contributed by atoms with Gasteiger partial charge in [-0.05, 0) is 105 Å². The molecular weight excluding hydrogens is 652 g/mol. The number of ether oxygens (including phenoxy) is 1. The number of aryl methyl sites for hydroxylation is 1. The van der Waals surface area contributed by atoms with Crippen LogP contribution in [0, 0.1) is 11.7 Å². The number of rotatable bonds is 10. The van der Waals surface area contributed by atoms with Crippen LogP contribution >= 0.6 is 0 Å². The monoisotopic (exact) mass is 717 g/mol. The van der Waals surface area contributed by atoms with E-state index >= 15 is 4.39 Å². The van der Waals surface area contributed by atoms with Crippen molar-refractivity contribution >= 4 is 39.0 Å². The lowest BCUT2D eigenvalue weighted by Crippen LogP contribution is -2.47. The van der Waals surface area contributed by atoms with Gasteiger partial charge >= 0.3 is 6.01 Å². The molecule has 1 fully saturated rings. The third kappa shape index (κ3) is 9.60. The molecule has 1 saturated heterocycles. The van der Waals surface area contributed by atoms with E-state index in [0.29, 0.717) is 35.6 Å². The predicted octanol–water partition coefficient (Wildman–Crippen LogP) is 11.2. The van der Waals surface area contributed by atoms with Crippen LogP contribution in [0.5, 0.6) is 11.8 Å². The van der Waals surface area contributed by atoms with Gasteiger partial charge in [0, 0.05) is 30.3 Å². The number of aliphatic hydroxyl groups is 1. The number of β-amino-alcohol motifs (C(OH)–C–C–N with tert-alkyl or cyclic N) is 1. The van der Waals surface area contributed by atoms with Gasteiger partial charge in [0.1, 0.15) is 17.4 Å². The van der Waals surface area contributed by atoms with Crippen molar-refractivity contribution in [1.29, 1.82) is 0 Å². The summed E-state index contributed by atoms with van der Waals surface area (Å²) >= 11 is 0. The second-order valence-corrected chi connectivity index (χ2v) is 14.3. The molecule has 3 atom stereocenters. The highest BCUT2D eigenvalue weighted by Crippen LogP contribution is 2.47. The molecule has 2 aliphatic rings. The second kappa shape index (κ2) is 19.3. The van der Waals surface area contributed by atoms with Crippen molar-refractivity contribution in [2.75, 3.05) is 25.1 Å². The Morgan fingerprint density at radius 3 is 2.38 bits per heavy atom. The van der Waals surface area contributed by atoms with Crippen LogP contribution in [-0.4, -0.2) is 57.7 Å². The highest BCUT2D eigenvalue weighted by Gasteiger charge is 2.37. The molecule has 1 aliphatic heterocycles. The first-order valence-corrected chi connectivity index (χ1v) is 19.7. The first kappa shape index (κ1) is 42.6. The molecule has 52 heavy (non-hydrogen) atoms. The number of unbranched alkanes of at least 4 members (excludes halogenated alkanes) is 1. The zero-order chi connectivity index (χ0) is 38.7. The summed E-state index contributed by atoms with van der Waals surface area (Å²) in [5.41, 5.74) is 5.24. The van der Waals surface area contributed by atoms with Gasteiger partial charge in [-0.15, -0.1) is 0 Å². The fourth-order valence-corrected chi connectivity index (χ4v) is 7.07. The number of hydrogen-bond acceptors (Lipinski definition) is 7. The Balaban J connectivity index is 0.000000645. The van der Waals surface area contributed by atoms with Crippen molar-refractivity contribution in [1.82, 2.24) is 9.97 Å². The highest BCUT2D eigenvalue weighted by atomic mass is 19.1. The summed E-state index contributed by atoms with van der Waals surface area (Å²) in [4.78, 5) is 17.1. The number of phenolic OH excluding ortho intramolecular Hbond substituents is 1. The van der Waals surface area contributed by atoms with Crippen molar-refractivity contribution in [3.63, 3.8) is 0 Å². The predicted molar refractivity (Wildman–Crippen MR) is 219 cm³/mol. The van der Waals surface area contributed by atoms with Gasteiger partial charge < -0.3 is 19.8 Å². The number of anilines is 1. The number of fused-ring (bicyclic) bond motifs is 2. The van der Waals surface area contributed by atoms with Crippen LogP contribution in [0.1, 0.15) is 143 Å². The first-order valence-electron chi connectivity index (χ1n) is 19.7. The molecule has 0 bridgehead atoms. The zero-order valence-electron chi connectivity index (χ0n) is 34.1. The molecule has 1 aromatic heterocycles. The summed E-state index contributed by atoms with van der Waals surface area (Å²) in [5, 5.41) is 23.4. The molecule has 2 N–H and O–H groups in total. The molecule has 7 nitrogen and oxygen atoms in total. The summed E-state index contributed by atoms with van der Waals surface area (Å²) in [7, 11) is 1.55. The standard InChI is InChI=1S/C34H41FN4O3.C8H18.C2H6/c1-8-19(4)36-31-24(10-3)29-30(37-33(42-7)38-32(29)39-15-11-14-34(6,41)18-39)20(5)27(31)25-17-22(40)16-21-12-13-26(35)23(9-2)28(21)25;1-4-6-7-8(3)5-2;1-2/h10,12-13,16-17,19,40-41H,8-9,11,14-15,18H2,1-7H3;8H,4-7H2,1-3H3;1-2H3/b24-10-,36-31?;;. The van der Waals surface area contributed by atoms with E-state index in [-0.39, 0.29) is 23.6 Å². The molecule has 3 unspecified atom stereocenters. The van der Waals surface area contributed by atoms with E-state index in [0.717, 1.165) is 70.5 Å². The number of aromatic hydroxyl groups is 1. The van der Waals surface area contributed by atoms with Crippen LogP contribution in [0.3, 0.4) is 0 Å². The van der Waals surface area contributed by atoms with E-state index in [9.17, 15) is 10.2 Å². The maximum absolute atomic E-state index is 15.2. The largest absolute Gasteiger partial charge is 0.508 e. The molecule has 286 valence electrons. The first-order chi connectivity index (χ1) is 24.8. The average molecular weight is 717 g/mol. The minimum Gasteiger partial charge on any atom is -0.508 e. The Bertz CT molecular complexity index is 1760. The number of allylic oxidation sites excluding steroid dienone is 4. The van der Waals surface area contributed by atoms with Gasteiger partial charge in [0.05, 0.1) is 29.7 Å². The van der Waals surface area contributed by atoms with E-state index in [2.05, 4.69) is 39.5 Å². The van der Waals surface area contributed by atoms with Gasteiger partial charge in [0.2, 0.25) is 0 Å². The van der Waals surface area contributed by atoms with Gasteiger partial charge in [0.15, 0.2) is 0 Å². The number of halogens is 1. The lowest BCUT2D eigenvalue weighted by Gasteiger charge is -2.39. The van der Waals surface area contributed by atoms with Crippen LogP contribution in [-0.2, 0) is 6.42 Å². The zero-order valence-corrected chi connectivity index (χ0v) is 34.1. The topological polar surface area (TPSA) is 91.1 Å². The summed E-state index contributed by atoms with van der Waals surface area (Å²) in [5.74, 6) is 1.47. The van der Waals surface area contributed by atoms with Gasteiger partial charge in [-0.25, -0.2) is 4.39 Å². The molecule has 0 saturated carbocycles. The smallest absolute Gasteiger partial charge is 0.318 e. The molecule has 2 heterocycles. The van der Waals surface area contributed by atoms with Crippen LogP contribution in [0.15, 0.2) is 35.3 Å². The fraction of sp³-hybridized carbons (Fsp3) is 0.568. The normalized spacial score (nSPS) is 19.8. The molecule has 3 aromatic rings. The number of phenols is 1. The third-order valence-electron chi connectivity index (χ3n) is 10.3. The molecule has 8 heteroatoms. The Kier molecular flexibility index (Phi) is 15.9. The van der Waals surface area contributed by atoms with E-state index in [1.165, 1.54) is 31.7 Å². The molecule has 0 spiro atoms. The van der Waals surface area contributed by atoms with Crippen molar-refractivity contribution in [2.24, 2.45) is 10.9 Å². The van der Waals surface area contributed by atoms with Gasteiger partial charge in [-0.1, -0.05) is 86.3 Å². The van der Waals surface area contributed by atoms with Crippen LogP contribution < -0.4 is 9.64 Å². The summed E-state index contributed by atoms with van der Waals surface area (Å²) in [6.45, 7) is 24.0.